The van der Waals surface area contributed by atoms with E-state index in [0.29, 0.717) is 0 Å². The predicted molar refractivity (Wildman–Crippen MR) is 61.9 cm³/mol. The number of rotatable bonds is 3. The third-order valence-corrected chi connectivity index (χ3v) is 2.62. The van der Waals surface area contributed by atoms with E-state index in [1.165, 1.54) is 11.1 Å². The van der Waals surface area contributed by atoms with Gasteiger partial charge in [-0.15, -0.1) is 0 Å². The maximum Gasteiger partial charge on any atom is 0.0659 e. The molecular formula is C13H16N2. The molecule has 0 aliphatic rings. The van der Waals surface area contributed by atoms with Gasteiger partial charge in [0.2, 0.25) is 0 Å². The quantitative estimate of drug-likeness (QED) is 0.745. The van der Waals surface area contributed by atoms with E-state index in [4.69, 9.17) is 0 Å². The van der Waals surface area contributed by atoms with Crippen molar-refractivity contribution < 1.29 is 0 Å². The van der Waals surface area contributed by atoms with Crippen LogP contribution in [-0.4, -0.2) is 9.78 Å². The first-order chi connectivity index (χ1) is 7.29. The van der Waals surface area contributed by atoms with Gasteiger partial charge in [-0.3, -0.25) is 4.68 Å². The Hall–Kier alpha value is -1.57. The molecule has 2 heteroatoms. The Morgan fingerprint density at radius 1 is 1.20 bits per heavy atom. The average molecular weight is 200 g/mol. The van der Waals surface area contributed by atoms with Gasteiger partial charge in [-0.1, -0.05) is 37.3 Å². The highest BCUT2D eigenvalue weighted by Crippen LogP contribution is 2.08. The summed E-state index contributed by atoms with van der Waals surface area (Å²) in [5.74, 6) is 0. The second-order valence-electron chi connectivity index (χ2n) is 3.78. The molecule has 0 saturated heterocycles. The molecule has 0 unspecified atom stereocenters. The average Bonchev–Trinajstić information content (AvgIpc) is 2.60. The summed E-state index contributed by atoms with van der Waals surface area (Å²) in [5.41, 5.74) is 3.78. The van der Waals surface area contributed by atoms with Crippen molar-refractivity contribution in [2.24, 2.45) is 0 Å². The van der Waals surface area contributed by atoms with Crippen molar-refractivity contribution >= 4 is 0 Å². The van der Waals surface area contributed by atoms with Crippen molar-refractivity contribution in [1.82, 2.24) is 9.78 Å². The summed E-state index contributed by atoms with van der Waals surface area (Å²) in [4.78, 5) is 0. The molecule has 0 spiro atoms. The first-order valence-corrected chi connectivity index (χ1v) is 5.36. The molecule has 0 bridgehead atoms. The third-order valence-electron chi connectivity index (χ3n) is 2.62. The Bertz CT molecular complexity index is 429. The van der Waals surface area contributed by atoms with E-state index in [1.54, 1.807) is 0 Å². The first kappa shape index (κ1) is 9.97. The Morgan fingerprint density at radius 2 is 1.93 bits per heavy atom. The zero-order valence-corrected chi connectivity index (χ0v) is 9.27. The van der Waals surface area contributed by atoms with Gasteiger partial charge < -0.3 is 0 Å². The number of hydrogen-bond donors (Lipinski definition) is 0. The van der Waals surface area contributed by atoms with Gasteiger partial charge in [-0.25, -0.2) is 0 Å². The van der Waals surface area contributed by atoms with Crippen molar-refractivity contribution in [3.05, 3.63) is 53.3 Å². The van der Waals surface area contributed by atoms with Crippen molar-refractivity contribution in [3.8, 4) is 0 Å². The topological polar surface area (TPSA) is 17.8 Å². The fourth-order valence-corrected chi connectivity index (χ4v) is 1.76. The molecule has 0 atom stereocenters. The minimum absolute atomic E-state index is 0.863. The van der Waals surface area contributed by atoms with Gasteiger partial charge in [-0.05, 0) is 24.5 Å². The lowest BCUT2D eigenvalue weighted by Gasteiger charge is -2.00. The number of benzene rings is 1. The Balaban J connectivity index is 2.18. The van der Waals surface area contributed by atoms with Gasteiger partial charge in [-0.2, -0.15) is 5.10 Å². The second kappa shape index (κ2) is 4.30. The van der Waals surface area contributed by atoms with Crippen LogP contribution < -0.4 is 0 Å². The number of hydrogen-bond acceptors (Lipinski definition) is 1. The van der Waals surface area contributed by atoms with Crippen molar-refractivity contribution in [2.45, 2.75) is 26.8 Å². The molecule has 0 fully saturated rings. The van der Waals surface area contributed by atoms with E-state index in [9.17, 15) is 0 Å². The lowest BCUT2D eigenvalue weighted by atomic mass is 10.2. The molecular weight excluding hydrogens is 184 g/mol. The Labute approximate surface area is 90.6 Å². The summed E-state index contributed by atoms with van der Waals surface area (Å²) in [6.45, 7) is 5.10. The van der Waals surface area contributed by atoms with Crippen LogP contribution >= 0.6 is 0 Å². The molecule has 0 aliphatic heterocycles. The van der Waals surface area contributed by atoms with Crippen LogP contribution in [0.4, 0.5) is 0 Å². The highest BCUT2D eigenvalue weighted by atomic mass is 15.3. The molecule has 2 rings (SSSR count). The van der Waals surface area contributed by atoms with Gasteiger partial charge >= 0.3 is 0 Å². The lowest BCUT2D eigenvalue weighted by Crippen LogP contribution is -1.99. The van der Waals surface area contributed by atoms with E-state index in [0.717, 1.165) is 18.7 Å². The van der Waals surface area contributed by atoms with Crippen LogP contribution in [0.15, 0.2) is 36.5 Å². The van der Waals surface area contributed by atoms with Crippen LogP contribution in [0.5, 0.6) is 0 Å². The number of aryl methyl sites for hydroxylation is 2. The minimum Gasteiger partial charge on any atom is -0.268 e. The van der Waals surface area contributed by atoms with Crippen LogP contribution in [0.25, 0.3) is 0 Å². The summed E-state index contributed by atoms with van der Waals surface area (Å²) in [6.07, 6.45) is 3.20. The second-order valence-corrected chi connectivity index (χ2v) is 3.78. The van der Waals surface area contributed by atoms with Gasteiger partial charge in [0.1, 0.15) is 0 Å². The molecule has 1 aromatic carbocycles. The third kappa shape index (κ3) is 2.27. The van der Waals surface area contributed by atoms with E-state index >= 15 is 0 Å². The van der Waals surface area contributed by atoms with E-state index < -0.39 is 0 Å². The van der Waals surface area contributed by atoms with E-state index in [-0.39, 0.29) is 0 Å². The molecule has 78 valence electrons. The van der Waals surface area contributed by atoms with Crippen LogP contribution in [-0.2, 0) is 13.0 Å². The molecule has 2 aromatic rings. The Morgan fingerprint density at radius 3 is 2.53 bits per heavy atom. The highest BCUT2D eigenvalue weighted by Gasteiger charge is 2.02. The van der Waals surface area contributed by atoms with Crippen molar-refractivity contribution in [1.29, 1.82) is 0 Å². The first-order valence-electron chi connectivity index (χ1n) is 5.36. The summed E-state index contributed by atoms with van der Waals surface area (Å²) < 4.78 is 2.02. The normalized spacial score (nSPS) is 10.5. The molecule has 1 aromatic heterocycles. The number of nitrogens with zero attached hydrogens (tertiary/aromatic N) is 2. The summed E-state index contributed by atoms with van der Waals surface area (Å²) in [7, 11) is 0. The van der Waals surface area contributed by atoms with Gasteiger partial charge in [0.15, 0.2) is 0 Å². The van der Waals surface area contributed by atoms with Crippen LogP contribution in [0.3, 0.4) is 0 Å². The Kier molecular flexibility index (Phi) is 2.86. The molecule has 2 nitrogen and oxygen atoms in total. The van der Waals surface area contributed by atoms with Gasteiger partial charge in [0, 0.05) is 6.20 Å². The van der Waals surface area contributed by atoms with Crippen molar-refractivity contribution in [2.75, 3.05) is 0 Å². The molecule has 0 amide bonds. The molecule has 0 N–H and O–H groups in total. The summed E-state index contributed by atoms with van der Waals surface area (Å²) >= 11 is 0. The molecule has 0 aliphatic carbocycles. The minimum atomic E-state index is 0.863. The maximum absolute atomic E-state index is 4.49. The standard InChI is InChI=1S/C13H16N2/c1-3-13-10-15(14-11(13)2)9-12-7-5-4-6-8-12/h4-8,10H,3,9H2,1-2H3. The van der Waals surface area contributed by atoms with Crippen LogP contribution in [0, 0.1) is 6.92 Å². The van der Waals surface area contributed by atoms with Crippen LogP contribution in [0.2, 0.25) is 0 Å². The molecule has 1 heterocycles. The fourth-order valence-electron chi connectivity index (χ4n) is 1.76. The van der Waals surface area contributed by atoms with Crippen LogP contribution in [0.1, 0.15) is 23.7 Å². The monoisotopic (exact) mass is 200 g/mol. The zero-order chi connectivity index (χ0) is 10.7. The fraction of sp³-hybridized carbons (Fsp3) is 0.308. The highest BCUT2D eigenvalue weighted by molar-refractivity contribution is 5.18. The smallest absolute Gasteiger partial charge is 0.0659 e. The van der Waals surface area contributed by atoms with Crippen molar-refractivity contribution in [3.63, 3.8) is 0 Å². The molecule has 0 saturated carbocycles. The van der Waals surface area contributed by atoms with Gasteiger partial charge in [0.05, 0.1) is 12.2 Å². The SMILES string of the molecule is CCc1cn(Cc2ccccc2)nc1C. The number of aromatic nitrogens is 2. The largest absolute Gasteiger partial charge is 0.268 e. The zero-order valence-electron chi connectivity index (χ0n) is 9.27. The molecule has 0 radical (unpaired) electrons. The summed E-state index contributed by atoms with van der Waals surface area (Å²) in [6, 6.07) is 10.4. The van der Waals surface area contributed by atoms with E-state index in [2.05, 4.69) is 49.4 Å². The van der Waals surface area contributed by atoms with Gasteiger partial charge in [0.25, 0.3) is 0 Å². The lowest BCUT2D eigenvalue weighted by molar-refractivity contribution is 0.679. The summed E-state index contributed by atoms with van der Waals surface area (Å²) in [5, 5.41) is 4.49. The predicted octanol–water partition coefficient (Wildman–Crippen LogP) is 2.80. The van der Waals surface area contributed by atoms with E-state index in [1.807, 2.05) is 10.7 Å². The molecule has 15 heavy (non-hydrogen) atoms. The maximum atomic E-state index is 4.49.